The standard InChI is InChI=1S/C14H9ClF3N3/c15-5-11-8-21-12(6-20-13(21)7-19-11)9-1-3-10(4-2-9)14(16,17)18/h1-4,6-8H,5H2. The summed E-state index contributed by atoms with van der Waals surface area (Å²) in [5.41, 5.74) is 1.92. The average Bonchev–Trinajstić information content (AvgIpc) is 2.89. The second-order valence-corrected chi connectivity index (χ2v) is 4.73. The van der Waals surface area contributed by atoms with Crippen molar-refractivity contribution in [3.05, 3.63) is 54.1 Å². The van der Waals surface area contributed by atoms with E-state index in [9.17, 15) is 13.2 Å². The number of alkyl halides is 4. The van der Waals surface area contributed by atoms with Gasteiger partial charge in [-0.1, -0.05) is 12.1 Å². The molecule has 108 valence electrons. The maximum atomic E-state index is 12.6. The first-order valence-electron chi connectivity index (χ1n) is 6.04. The Hall–Kier alpha value is -2.08. The van der Waals surface area contributed by atoms with Gasteiger partial charge >= 0.3 is 6.18 Å². The van der Waals surface area contributed by atoms with Gasteiger partial charge in [0.25, 0.3) is 0 Å². The molecule has 0 amide bonds. The Balaban J connectivity index is 2.08. The molecule has 0 aliphatic carbocycles. The number of aromatic nitrogens is 3. The Morgan fingerprint density at radius 3 is 2.38 bits per heavy atom. The van der Waals surface area contributed by atoms with Gasteiger partial charge in [-0.25, -0.2) is 4.98 Å². The van der Waals surface area contributed by atoms with Gasteiger partial charge < -0.3 is 0 Å². The summed E-state index contributed by atoms with van der Waals surface area (Å²) in [6.45, 7) is 0. The molecule has 2 aromatic heterocycles. The summed E-state index contributed by atoms with van der Waals surface area (Å²) in [7, 11) is 0. The van der Waals surface area contributed by atoms with Crippen molar-refractivity contribution >= 4 is 17.2 Å². The van der Waals surface area contributed by atoms with Crippen LogP contribution < -0.4 is 0 Å². The molecule has 3 nitrogen and oxygen atoms in total. The van der Waals surface area contributed by atoms with E-state index in [1.807, 2.05) is 0 Å². The molecular formula is C14H9ClF3N3. The Morgan fingerprint density at radius 2 is 1.76 bits per heavy atom. The van der Waals surface area contributed by atoms with E-state index in [0.717, 1.165) is 12.1 Å². The Labute approximate surface area is 123 Å². The largest absolute Gasteiger partial charge is 0.416 e. The zero-order valence-electron chi connectivity index (χ0n) is 10.6. The molecule has 7 heteroatoms. The second-order valence-electron chi connectivity index (χ2n) is 4.46. The van der Waals surface area contributed by atoms with Crippen molar-refractivity contribution in [2.45, 2.75) is 12.1 Å². The molecule has 3 aromatic rings. The summed E-state index contributed by atoms with van der Waals surface area (Å²) in [4.78, 5) is 8.29. The van der Waals surface area contributed by atoms with E-state index >= 15 is 0 Å². The molecule has 3 rings (SSSR count). The summed E-state index contributed by atoms with van der Waals surface area (Å²) < 4.78 is 39.5. The van der Waals surface area contributed by atoms with Crippen molar-refractivity contribution in [2.75, 3.05) is 0 Å². The van der Waals surface area contributed by atoms with Crippen LogP contribution in [-0.4, -0.2) is 14.4 Å². The van der Waals surface area contributed by atoms with Crippen LogP contribution in [0.3, 0.4) is 0 Å². The minimum absolute atomic E-state index is 0.251. The van der Waals surface area contributed by atoms with E-state index < -0.39 is 11.7 Å². The second kappa shape index (κ2) is 5.04. The maximum absolute atomic E-state index is 12.6. The van der Waals surface area contributed by atoms with Gasteiger partial charge in [-0.2, -0.15) is 13.2 Å². The smallest absolute Gasteiger partial charge is 0.297 e. The molecule has 0 N–H and O–H groups in total. The Kier molecular flexibility index (Phi) is 3.33. The molecule has 1 aromatic carbocycles. The van der Waals surface area contributed by atoms with Crippen LogP contribution in [0.2, 0.25) is 0 Å². The molecule has 0 saturated carbocycles. The highest BCUT2D eigenvalue weighted by Crippen LogP contribution is 2.31. The summed E-state index contributed by atoms with van der Waals surface area (Å²) in [6.07, 6.45) is 0.555. The zero-order chi connectivity index (χ0) is 15.0. The summed E-state index contributed by atoms with van der Waals surface area (Å²) in [5, 5.41) is 0. The van der Waals surface area contributed by atoms with Crippen molar-refractivity contribution in [2.24, 2.45) is 0 Å². The lowest BCUT2D eigenvalue weighted by Crippen LogP contribution is -2.04. The maximum Gasteiger partial charge on any atom is 0.416 e. The third-order valence-electron chi connectivity index (χ3n) is 3.09. The first-order chi connectivity index (χ1) is 9.99. The number of nitrogens with zero attached hydrogens (tertiary/aromatic N) is 3. The van der Waals surface area contributed by atoms with Gasteiger partial charge in [-0.05, 0) is 12.1 Å². The van der Waals surface area contributed by atoms with Gasteiger partial charge in [-0.15, -0.1) is 11.6 Å². The first-order valence-corrected chi connectivity index (χ1v) is 6.58. The third-order valence-corrected chi connectivity index (χ3v) is 3.37. The van der Waals surface area contributed by atoms with E-state index in [1.54, 1.807) is 23.0 Å². The number of fused-ring (bicyclic) bond motifs is 1. The Bertz CT molecular complexity index is 778. The fourth-order valence-electron chi connectivity index (χ4n) is 2.04. The van der Waals surface area contributed by atoms with E-state index in [4.69, 9.17) is 11.6 Å². The van der Waals surface area contributed by atoms with Crippen molar-refractivity contribution in [1.82, 2.24) is 14.4 Å². The average molecular weight is 312 g/mol. The van der Waals surface area contributed by atoms with Gasteiger partial charge in [0.1, 0.15) is 0 Å². The van der Waals surface area contributed by atoms with Gasteiger partial charge in [0.15, 0.2) is 5.65 Å². The molecule has 0 atom stereocenters. The molecule has 0 aliphatic rings. The van der Waals surface area contributed by atoms with Crippen molar-refractivity contribution in [1.29, 1.82) is 0 Å². The highest BCUT2D eigenvalue weighted by Gasteiger charge is 2.30. The number of imidazole rings is 1. The Morgan fingerprint density at radius 1 is 1.05 bits per heavy atom. The van der Waals surface area contributed by atoms with Crippen LogP contribution in [0.1, 0.15) is 11.3 Å². The van der Waals surface area contributed by atoms with Gasteiger partial charge in [0, 0.05) is 11.8 Å². The van der Waals surface area contributed by atoms with Crippen LogP contribution in [-0.2, 0) is 12.1 Å². The van der Waals surface area contributed by atoms with Gasteiger partial charge in [0.05, 0.1) is 35.2 Å². The highest BCUT2D eigenvalue weighted by molar-refractivity contribution is 6.16. The third kappa shape index (κ3) is 2.58. The van der Waals surface area contributed by atoms with Crippen molar-refractivity contribution in [3.8, 4) is 11.3 Å². The monoisotopic (exact) mass is 311 g/mol. The van der Waals surface area contributed by atoms with Crippen LogP contribution >= 0.6 is 11.6 Å². The lowest BCUT2D eigenvalue weighted by Gasteiger charge is -2.08. The number of benzene rings is 1. The predicted octanol–water partition coefficient (Wildman–Crippen LogP) is 4.15. The minimum Gasteiger partial charge on any atom is -0.297 e. The SMILES string of the molecule is FC(F)(F)c1ccc(-c2cnc3cnc(CCl)cn23)cc1. The zero-order valence-corrected chi connectivity index (χ0v) is 11.4. The molecule has 0 spiro atoms. The van der Waals surface area contributed by atoms with Gasteiger partial charge in [-0.3, -0.25) is 9.38 Å². The number of halogens is 4. The predicted molar refractivity (Wildman–Crippen MR) is 73.0 cm³/mol. The lowest BCUT2D eigenvalue weighted by molar-refractivity contribution is -0.137. The fraction of sp³-hybridized carbons (Fsp3) is 0.143. The molecule has 0 aliphatic heterocycles. The molecule has 0 saturated heterocycles. The highest BCUT2D eigenvalue weighted by atomic mass is 35.5. The van der Waals surface area contributed by atoms with Crippen LogP contribution in [0, 0.1) is 0 Å². The molecule has 21 heavy (non-hydrogen) atoms. The number of hydrogen-bond acceptors (Lipinski definition) is 2. The molecule has 0 fully saturated rings. The summed E-state index contributed by atoms with van der Waals surface area (Å²) >= 11 is 5.74. The summed E-state index contributed by atoms with van der Waals surface area (Å²) in [6, 6.07) is 4.96. The molecule has 0 unspecified atom stereocenters. The quantitative estimate of drug-likeness (QED) is 0.665. The van der Waals surface area contributed by atoms with Crippen LogP contribution in [0.4, 0.5) is 13.2 Å². The lowest BCUT2D eigenvalue weighted by atomic mass is 10.1. The van der Waals surface area contributed by atoms with Crippen LogP contribution in [0.5, 0.6) is 0 Å². The van der Waals surface area contributed by atoms with Crippen molar-refractivity contribution in [3.63, 3.8) is 0 Å². The molecule has 0 radical (unpaired) electrons. The molecule has 2 heterocycles. The van der Waals surface area contributed by atoms with E-state index in [2.05, 4.69) is 9.97 Å². The summed E-state index contributed by atoms with van der Waals surface area (Å²) in [5.74, 6) is 0.251. The van der Waals surface area contributed by atoms with Crippen LogP contribution in [0.15, 0.2) is 42.9 Å². The van der Waals surface area contributed by atoms with E-state index in [0.29, 0.717) is 22.6 Å². The van der Waals surface area contributed by atoms with Gasteiger partial charge in [0.2, 0.25) is 0 Å². The van der Waals surface area contributed by atoms with E-state index in [-0.39, 0.29) is 5.88 Å². The first kappa shape index (κ1) is 13.9. The molecule has 0 bridgehead atoms. The number of hydrogen-bond donors (Lipinski definition) is 0. The van der Waals surface area contributed by atoms with Crippen LogP contribution in [0.25, 0.3) is 16.9 Å². The molecular weight excluding hydrogens is 303 g/mol. The van der Waals surface area contributed by atoms with E-state index in [1.165, 1.54) is 12.1 Å². The minimum atomic E-state index is -4.34. The normalized spacial score (nSPS) is 12.0. The van der Waals surface area contributed by atoms with Crippen molar-refractivity contribution < 1.29 is 13.2 Å². The fourth-order valence-corrected chi connectivity index (χ4v) is 2.18. The topological polar surface area (TPSA) is 30.2 Å². The number of rotatable bonds is 2.